The Morgan fingerprint density at radius 3 is 2.47 bits per heavy atom. The summed E-state index contributed by atoms with van der Waals surface area (Å²) in [6.07, 6.45) is 0.225. The maximum absolute atomic E-state index is 14.1. The number of rotatable bonds is 6. The number of H-pyrrole nitrogens is 1. The Balaban J connectivity index is 1.72. The van der Waals surface area contributed by atoms with E-state index < -0.39 is 17.6 Å². The van der Waals surface area contributed by atoms with Crippen molar-refractivity contribution in [2.24, 2.45) is 0 Å². The molecule has 1 N–H and O–H groups in total. The highest BCUT2D eigenvalue weighted by Crippen LogP contribution is 2.29. The fraction of sp³-hybridized carbons (Fsp3) is 0.120. The first-order chi connectivity index (χ1) is 15.5. The molecule has 5 nitrogen and oxygen atoms in total. The molecular weight excluding hydrogens is 416 g/mol. The van der Waals surface area contributed by atoms with Gasteiger partial charge in [0.05, 0.1) is 23.8 Å². The van der Waals surface area contributed by atoms with Crippen molar-refractivity contribution in [1.29, 1.82) is 0 Å². The number of carbonyl (C=O) groups is 1. The van der Waals surface area contributed by atoms with Crippen LogP contribution in [0.3, 0.4) is 0 Å². The average Bonchev–Trinajstić information content (AvgIpc) is 2.80. The standard InChI is InChI=1S/C25H19F2NO4/c1-31-25(30)16-8-6-15(7-9-16)12-20-23(19-4-2-3-5-22(19)28-24(20)29)32-14-17-10-11-18(26)13-21(17)27/h2-11,13H,12,14H2,1H3,(H,28,29). The van der Waals surface area contributed by atoms with Crippen LogP contribution in [0.15, 0.2) is 71.5 Å². The first-order valence-corrected chi connectivity index (χ1v) is 9.84. The van der Waals surface area contributed by atoms with Gasteiger partial charge in [-0.2, -0.15) is 0 Å². The zero-order valence-corrected chi connectivity index (χ0v) is 17.2. The second-order valence-corrected chi connectivity index (χ2v) is 7.20. The van der Waals surface area contributed by atoms with Gasteiger partial charge in [-0.25, -0.2) is 13.6 Å². The lowest BCUT2D eigenvalue weighted by molar-refractivity contribution is 0.0600. The molecule has 0 radical (unpaired) electrons. The predicted octanol–water partition coefficient (Wildman–Crippen LogP) is 4.76. The van der Waals surface area contributed by atoms with Gasteiger partial charge in [0.1, 0.15) is 24.0 Å². The molecule has 0 unspecified atom stereocenters. The Bertz CT molecular complexity index is 1350. The number of carbonyl (C=O) groups excluding carboxylic acids is 1. The van der Waals surface area contributed by atoms with Crippen molar-refractivity contribution < 1.29 is 23.0 Å². The number of fused-ring (bicyclic) bond motifs is 1. The van der Waals surface area contributed by atoms with E-state index in [1.54, 1.807) is 48.5 Å². The summed E-state index contributed by atoms with van der Waals surface area (Å²) in [6.45, 7) is -0.173. The normalized spacial score (nSPS) is 10.8. The van der Waals surface area contributed by atoms with Crippen LogP contribution in [-0.4, -0.2) is 18.1 Å². The van der Waals surface area contributed by atoms with Crippen molar-refractivity contribution in [3.63, 3.8) is 0 Å². The summed E-state index contributed by atoms with van der Waals surface area (Å²) >= 11 is 0. The molecule has 162 valence electrons. The Hall–Kier alpha value is -4.00. The van der Waals surface area contributed by atoms with E-state index in [-0.39, 0.29) is 24.2 Å². The predicted molar refractivity (Wildman–Crippen MR) is 116 cm³/mol. The Labute approximate surface area is 182 Å². The van der Waals surface area contributed by atoms with Crippen molar-refractivity contribution in [3.05, 3.63) is 111 Å². The van der Waals surface area contributed by atoms with E-state index in [9.17, 15) is 18.4 Å². The zero-order chi connectivity index (χ0) is 22.7. The van der Waals surface area contributed by atoms with Gasteiger partial charge >= 0.3 is 5.97 Å². The van der Waals surface area contributed by atoms with Crippen LogP contribution in [0, 0.1) is 11.6 Å². The molecule has 0 saturated carbocycles. The summed E-state index contributed by atoms with van der Waals surface area (Å²) in [5, 5.41) is 0.663. The summed E-state index contributed by atoms with van der Waals surface area (Å²) in [7, 11) is 1.30. The van der Waals surface area contributed by atoms with Crippen LogP contribution in [0.4, 0.5) is 8.78 Å². The summed E-state index contributed by atoms with van der Waals surface area (Å²) in [5.41, 5.74) is 1.94. The molecule has 1 heterocycles. The minimum atomic E-state index is -0.723. The lowest BCUT2D eigenvalue weighted by Crippen LogP contribution is -2.16. The van der Waals surface area contributed by atoms with E-state index in [4.69, 9.17) is 9.47 Å². The minimum absolute atomic E-state index is 0.171. The summed E-state index contributed by atoms with van der Waals surface area (Å²) in [6, 6.07) is 17.1. The lowest BCUT2D eigenvalue weighted by atomic mass is 10.0. The van der Waals surface area contributed by atoms with Crippen molar-refractivity contribution >= 4 is 16.9 Å². The number of esters is 1. The highest BCUT2D eigenvalue weighted by atomic mass is 19.1. The van der Waals surface area contributed by atoms with E-state index >= 15 is 0 Å². The quantitative estimate of drug-likeness (QED) is 0.444. The number of aromatic nitrogens is 1. The van der Waals surface area contributed by atoms with Crippen molar-refractivity contribution in [2.45, 2.75) is 13.0 Å². The molecule has 1 aromatic heterocycles. The number of halogens is 2. The van der Waals surface area contributed by atoms with Crippen LogP contribution in [0.25, 0.3) is 10.9 Å². The molecule has 0 amide bonds. The minimum Gasteiger partial charge on any atom is -0.488 e. The molecule has 4 aromatic rings. The Kier molecular flexibility index (Phi) is 5.98. The topological polar surface area (TPSA) is 68.4 Å². The molecule has 0 atom stereocenters. The van der Waals surface area contributed by atoms with Crippen molar-refractivity contribution in [3.8, 4) is 5.75 Å². The molecule has 7 heteroatoms. The van der Waals surface area contributed by atoms with Crippen LogP contribution in [-0.2, 0) is 17.8 Å². The third-order valence-corrected chi connectivity index (χ3v) is 5.11. The van der Waals surface area contributed by atoms with Crippen LogP contribution in [0.2, 0.25) is 0 Å². The third-order valence-electron chi connectivity index (χ3n) is 5.11. The molecule has 0 aliphatic heterocycles. The fourth-order valence-electron chi connectivity index (χ4n) is 3.45. The number of ether oxygens (including phenoxy) is 2. The fourth-order valence-corrected chi connectivity index (χ4v) is 3.45. The monoisotopic (exact) mass is 435 g/mol. The largest absolute Gasteiger partial charge is 0.488 e. The van der Waals surface area contributed by atoms with Gasteiger partial charge in [-0.3, -0.25) is 4.79 Å². The maximum atomic E-state index is 14.1. The molecule has 0 fully saturated rings. The smallest absolute Gasteiger partial charge is 0.337 e. The van der Waals surface area contributed by atoms with Crippen LogP contribution >= 0.6 is 0 Å². The second kappa shape index (κ2) is 9.01. The number of hydrogen-bond donors (Lipinski definition) is 1. The number of para-hydroxylation sites is 1. The second-order valence-electron chi connectivity index (χ2n) is 7.20. The molecule has 0 aliphatic rings. The average molecular weight is 435 g/mol. The molecule has 3 aromatic carbocycles. The van der Waals surface area contributed by atoms with Crippen LogP contribution in [0.5, 0.6) is 5.75 Å². The summed E-state index contributed by atoms with van der Waals surface area (Å²) in [5.74, 6) is -1.53. The number of aromatic amines is 1. The van der Waals surface area contributed by atoms with Crippen molar-refractivity contribution in [1.82, 2.24) is 4.98 Å². The molecule has 0 aliphatic carbocycles. The Morgan fingerprint density at radius 2 is 1.75 bits per heavy atom. The number of methoxy groups -OCH3 is 1. The number of benzene rings is 3. The van der Waals surface area contributed by atoms with Gasteiger partial charge in [-0.1, -0.05) is 24.3 Å². The first kappa shape index (κ1) is 21.2. The molecule has 32 heavy (non-hydrogen) atoms. The molecule has 0 saturated heterocycles. The van der Waals surface area contributed by atoms with Gasteiger partial charge in [0.2, 0.25) is 0 Å². The molecular formula is C25H19F2NO4. The number of pyridine rings is 1. The van der Waals surface area contributed by atoms with Crippen molar-refractivity contribution in [2.75, 3.05) is 7.11 Å². The summed E-state index contributed by atoms with van der Waals surface area (Å²) < 4.78 is 38.0. The van der Waals surface area contributed by atoms with Crippen LogP contribution in [0.1, 0.15) is 27.0 Å². The van der Waals surface area contributed by atoms with E-state index in [0.717, 1.165) is 17.7 Å². The van der Waals surface area contributed by atoms with Gasteiger partial charge in [0.15, 0.2) is 0 Å². The molecule has 0 spiro atoms. The Morgan fingerprint density at radius 1 is 1.00 bits per heavy atom. The first-order valence-electron chi connectivity index (χ1n) is 9.84. The van der Waals surface area contributed by atoms with Gasteiger partial charge in [0, 0.05) is 23.4 Å². The van der Waals surface area contributed by atoms with Gasteiger partial charge in [-0.15, -0.1) is 0 Å². The summed E-state index contributed by atoms with van der Waals surface area (Å²) in [4.78, 5) is 27.4. The number of hydrogen-bond acceptors (Lipinski definition) is 4. The van der Waals surface area contributed by atoms with Crippen LogP contribution < -0.4 is 10.3 Å². The maximum Gasteiger partial charge on any atom is 0.337 e. The van der Waals surface area contributed by atoms with E-state index in [1.165, 1.54) is 13.2 Å². The van der Waals surface area contributed by atoms with E-state index in [1.807, 2.05) is 0 Å². The highest BCUT2D eigenvalue weighted by Gasteiger charge is 2.16. The molecule has 4 rings (SSSR count). The lowest BCUT2D eigenvalue weighted by Gasteiger charge is -2.15. The third kappa shape index (κ3) is 4.37. The van der Waals surface area contributed by atoms with Gasteiger partial charge < -0.3 is 14.5 Å². The number of nitrogens with one attached hydrogen (secondary N) is 1. The van der Waals surface area contributed by atoms with E-state index in [2.05, 4.69) is 4.98 Å². The van der Waals surface area contributed by atoms with Gasteiger partial charge in [-0.05, 0) is 42.0 Å². The van der Waals surface area contributed by atoms with E-state index in [0.29, 0.717) is 27.8 Å². The van der Waals surface area contributed by atoms with Gasteiger partial charge in [0.25, 0.3) is 5.56 Å². The highest BCUT2D eigenvalue weighted by molar-refractivity contribution is 5.89. The SMILES string of the molecule is COC(=O)c1ccc(Cc2c(OCc3ccc(F)cc3F)c3ccccc3[nH]c2=O)cc1. The zero-order valence-electron chi connectivity index (χ0n) is 17.2. The molecule has 0 bridgehead atoms.